The Balaban J connectivity index is 2.74. The molecule has 0 spiro atoms. The average molecular weight is 355 g/mol. The summed E-state index contributed by atoms with van der Waals surface area (Å²) in [6.45, 7) is 11.0. The van der Waals surface area contributed by atoms with Crippen molar-refractivity contribution in [2.24, 2.45) is 5.92 Å². The number of aliphatic hydroxyl groups excluding tert-OH is 2. The maximum atomic E-state index is 9.76. The molecule has 0 aliphatic rings. The predicted octanol–water partition coefficient (Wildman–Crippen LogP) is 3.62. The molecule has 5 heteroatoms. The molecule has 4 nitrogen and oxygen atoms in total. The number of methoxy groups -OCH3 is 1. The van der Waals surface area contributed by atoms with E-state index < -0.39 is 8.32 Å². The highest BCUT2D eigenvalue weighted by Crippen LogP contribution is 2.38. The molecule has 0 saturated carbocycles. The van der Waals surface area contributed by atoms with Gasteiger partial charge in [0.1, 0.15) is 5.75 Å². The lowest BCUT2D eigenvalue weighted by molar-refractivity contribution is 0.0700. The third-order valence-corrected chi connectivity index (χ3v) is 9.52. The lowest BCUT2D eigenvalue weighted by Crippen LogP contribution is -2.45. The van der Waals surface area contributed by atoms with Crippen LogP contribution >= 0.6 is 0 Å². The highest BCUT2D eigenvalue weighted by Gasteiger charge is 2.39. The summed E-state index contributed by atoms with van der Waals surface area (Å²) in [6, 6.07) is 7.89. The van der Waals surface area contributed by atoms with Gasteiger partial charge in [-0.05, 0) is 54.6 Å². The van der Waals surface area contributed by atoms with Crippen LogP contribution in [-0.2, 0) is 10.8 Å². The molecule has 0 unspecified atom stereocenters. The van der Waals surface area contributed by atoms with E-state index in [1.165, 1.54) is 0 Å². The third-order valence-electron chi connectivity index (χ3n) is 4.98. The summed E-state index contributed by atoms with van der Waals surface area (Å²) in [4.78, 5) is 0. The number of rotatable bonds is 9. The monoisotopic (exact) mass is 354 g/mol. The van der Waals surface area contributed by atoms with Crippen molar-refractivity contribution >= 4 is 8.32 Å². The van der Waals surface area contributed by atoms with Crippen molar-refractivity contribution < 1.29 is 19.4 Å². The zero-order chi connectivity index (χ0) is 18.4. The topological polar surface area (TPSA) is 58.9 Å². The van der Waals surface area contributed by atoms with Crippen molar-refractivity contribution in [2.75, 3.05) is 20.3 Å². The molecule has 0 bridgehead atoms. The molecule has 138 valence electrons. The zero-order valence-electron chi connectivity index (χ0n) is 16.0. The van der Waals surface area contributed by atoms with Gasteiger partial charge in [-0.15, -0.1) is 0 Å². The third kappa shape index (κ3) is 6.20. The van der Waals surface area contributed by atoms with Gasteiger partial charge in [-0.3, -0.25) is 0 Å². The first-order valence-corrected chi connectivity index (χ1v) is 11.6. The molecular formula is C19H34O4Si. The van der Waals surface area contributed by atoms with Gasteiger partial charge in [0.25, 0.3) is 0 Å². The lowest BCUT2D eigenvalue weighted by atomic mass is 9.94. The molecule has 0 saturated heterocycles. The maximum absolute atomic E-state index is 9.76. The van der Waals surface area contributed by atoms with Crippen LogP contribution in [0.5, 0.6) is 5.75 Å². The van der Waals surface area contributed by atoms with E-state index in [0.29, 0.717) is 6.42 Å². The second kappa shape index (κ2) is 8.99. The normalized spacial score (nSPS) is 15.2. The fraction of sp³-hybridized carbons (Fsp3) is 0.684. The van der Waals surface area contributed by atoms with Gasteiger partial charge in [-0.2, -0.15) is 0 Å². The molecule has 0 aliphatic carbocycles. The molecule has 1 rings (SSSR count). The standard InChI is InChI=1S/C19H34O4Si/c1-19(2,3)24(5,6)23-18(14-21)12-16(13-20)10-15-8-7-9-17(11-15)22-4/h7-9,11,16,18,20-21H,10,12-14H2,1-6H3/t16-,18-/m0/s1. The Hall–Kier alpha value is -0.883. The molecule has 24 heavy (non-hydrogen) atoms. The summed E-state index contributed by atoms with van der Waals surface area (Å²) >= 11 is 0. The zero-order valence-corrected chi connectivity index (χ0v) is 17.0. The van der Waals surface area contributed by atoms with Crippen molar-refractivity contribution in [3.05, 3.63) is 29.8 Å². The molecule has 0 heterocycles. The number of ether oxygens (including phenoxy) is 1. The van der Waals surface area contributed by atoms with E-state index in [1.807, 2.05) is 24.3 Å². The lowest BCUT2D eigenvalue weighted by Gasteiger charge is -2.39. The van der Waals surface area contributed by atoms with E-state index in [1.54, 1.807) is 7.11 Å². The molecule has 2 N–H and O–H groups in total. The first kappa shape index (κ1) is 21.2. The SMILES string of the molecule is COc1cccc(C[C@H](CO)C[C@@H](CO)O[Si](C)(C)C(C)(C)C)c1. The fourth-order valence-electron chi connectivity index (χ4n) is 2.48. The van der Waals surface area contributed by atoms with Crippen molar-refractivity contribution in [2.45, 2.75) is 57.8 Å². The Kier molecular flexibility index (Phi) is 7.93. The van der Waals surface area contributed by atoms with Crippen LogP contribution in [0.1, 0.15) is 32.8 Å². The van der Waals surface area contributed by atoms with Gasteiger partial charge in [0, 0.05) is 6.61 Å². The predicted molar refractivity (Wildman–Crippen MR) is 101 cm³/mol. The van der Waals surface area contributed by atoms with E-state index >= 15 is 0 Å². The van der Waals surface area contributed by atoms with Gasteiger partial charge in [0.2, 0.25) is 0 Å². The summed E-state index contributed by atoms with van der Waals surface area (Å²) in [6.07, 6.45) is 1.16. The summed E-state index contributed by atoms with van der Waals surface area (Å²) < 4.78 is 11.6. The van der Waals surface area contributed by atoms with Crippen molar-refractivity contribution in [1.82, 2.24) is 0 Å². The molecule has 0 aromatic heterocycles. The molecule has 0 fully saturated rings. The minimum atomic E-state index is -1.94. The highest BCUT2D eigenvalue weighted by molar-refractivity contribution is 6.74. The quantitative estimate of drug-likeness (QED) is 0.665. The summed E-state index contributed by atoms with van der Waals surface area (Å²) in [5, 5.41) is 19.6. The van der Waals surface area contributed by atoms with Gasteiger partial charge in [0.15, 0.2) is 8.32 Å². The number of hydrogen-bond donors (Lipinski definition) is 2. The maximum Gasteiger partial charge on any atom is 0.192 e. The van der Waals surface area contributed by atoms with Crippen LogP contribution in [0.2, 0.25) is 18.1 Å². The molecule has 1 aromatic rings. The van der Waals surface area contributed by atoms with Gasteiger partial charge in [-0.1, -0.05) is 32.9 Å². The summed E-state index contributed by atoms with van der Waals surface area (Å²) in [5.41, 5.74) is 1.12. The largest absolute Gasteiger partial charge is 0.497 e. The minimum absolute atomic E-state index is 0.0128. The minimum Gasteiger partial charge on any atom is -0.497 e. The van der Waals surface area contributed by atoms with Gasteiger partial charge in [-0.25, -0.2) is 0 Å². The molecule has 0 radical (unpaired) electrons. The van der Waals surface area contributed by atoms with Gasteiger partial charge in [0.05, 0.1) is 19.8 Å². The van der Waals surface area contributed by atoms with Crippen LogP contribution in [-0.4, -0.2) is 45.0 Å². The Labute approximate surface area is 147 Å². The van der Waals surface area contributed by atoms with E-state index in [9.17, 15) is 10.2 Å². The summed E-state index contributed by atoms with van der Waals surface area (Å²) in [5.74, 6) is 0.874. The van der Waals surface area contributed by atoms with Gasteiger partial charge >= 0.3 is 0 Å². The van der Waals surface area contributed by atoms with Crippen LogP contribution in [0.3, 0.4) is 0 Å². The van der Waals surface area contributed by atoms with Crippen molar-refractivity contribution in [3.8, 4) is 5.75 Å². The van der Waals surface area contributed by atoms with Crippen LogP contribution in [0.4, 0.5) is 0 Å². The molecular weight excluding hydrogens is 320 g/mol. The Morgan fingerprint density at radius 1 is 1.12 bits per heavy atom. The van der Waals surface area contributed by atoms with Crippen LogP contribution in [0.15, 0.2) is 24.3 Å². The van der Waals surface area contributed by atoms with Crippen molar-refractivity contribution in [3.63, 3.8) is 0 Å². The highest BCUT2D eigenvalue weighted by atomic mass is 28.4. The van der Waals surface area contributed by atoms with Crippen LogP contribution in [0.25, 0.3) is 0 Å². The first-order chi connectivity index (χ1) is 11.1. The van der Waals surface area contributed by atoms with Gasteiger partial charge < -0.3 is 19.4 Å². The number of aliphatic hydroxyl groups is 2. The number of hydrogen-bond acceptors (Lipinski definition) is 4. The summed E-state index contributed by atoms with van der Waals surface area (Å²) in [7, 11) is -0.287. The molecule has 0 amide bonds. The second-order valence-corrected chi connectivity index (χ2v) is 12.8. The van der Waals surface area contributed by atoms with Crippen LogP contribution < -0.4 is 4.74 Å². The van der Waals surface area contributed by atoms with Crippen LogP contribution in [0, 0.1) is 5.92 Å². The first-order valence-electron chi connectivity index (χ1n) is 8.65. The van der Waals surface area contributed by atoms with E-state index in [0.717, 1.165) is 17.7 Å². The second-order valence-electron chi connectivity index (χ2n) is 8.02. The Morgan fingerprint density at radius 3 is 2.29 bits per heavy atom. The molecule has 2 atom stereocenters. The van der Waals surface area contributed by atoms with E-state index in [-0.39, 0.29) is 30.3 Å². The number of benzene rings is 1. The van der Waals surface area contributed by atoms with E-state index in [2.05, 4.69) is 33.9 Å². The molecule has 1 aromatic carbocycles. The average Bonchev–Trinajstić information content (AvgIpc) is 2.52. The fourth-order valence-corrected chi connectivity index (χ4v) is 3.84. The Bertz CT molecular complexity index is 496. The Morgan fingerprint density at radius 2 is 1.79 bits per heavy atom. The smallest absolute Gasteiger partial charge is 0.192 e. The van der Waals surface area contributed by atoms with E-state index in [4.69, 9.17) is 9.16 Å². The molecule has 0 aliphatic heterocycles. The van der Waals surface area contributed by atoms with Crippen molar-refractivity contribution in [1.29, 1.82) is 0 Å².